The Morgan fingerprint density at radius 3 is 2.75 bits per heavy atom. The highest BCUT2D eigenvalue weighted by Crippen LogP contribution is 2.33. The van der Waals surface area contributed by atoms with E-state index in [2.05, 4.69) is 20.5 Å². The molecular weight excluding hydrogens is 410 g/mol. The average molecular weight is 428 g/mol. The smallest absolute Gasteiger partial charge is 0.249 e. The maximum absolute atomic E-state index is 12.9. The average Bonchev–Trinajstić information content (AvgIpc) is 3.42. The van der Waals surface area contributed by atoms with Gasteiger partial charge in [0.1, 0.15) is 6.04 Å². The number of rotatable bonds is 5. The molecule has 1 atom stereocenters. The van der Waals surface area contributed by atoms with Crippen LogP contribution in [0, 0.1) is 11.7 Å². The lowest BCUT2D eigenvalue weighted by Gasteiger charge is -2.14. The van der Waals surface area contributed by atoms with Gasteiger partial charge in [-0.25, -0.2) is 4.98 Å². The maximum atomic E-state index is 12.9. The molecule has 28 heavy (non-hydrogen) atoms. The third-order valence-corrected chi connectivity index (χ3v) is 6.55. The number of nitrogens with zero attached hydrogens (tertiary/aromatic N) is 3. The minimum Gasteiger partial charge on any atom is -0.300 e. The van der Waals surface area contributed by atoms with E-state index in [0.29, 0.717) is 15.7 Å². The number of anilines is 1. The molecule has 0 aliphatic rings. The number of thiophene rings is 1. The molecule has 0 bridgehead atoms. The van der Waals surface area contributed by atoms with Crippen LogP contribution in [0.4, 0.5) is 5.13 Å². The third kappa shape index (κ3) is 3.56. The molecule has 1 amide bonds. The molecule has 1 aromatic carbocycles. The molecule has 9 heteroatoms. The van der Waals surface area contributed by atoms with Gasteiger partial charge in [-0.1, -0.05) is 47.7 Å². The molecule has 0 saturated carbocycles. The number of hydrogen-bond acceptors (Lipinski definition) is 6. The lowest BCUT2D eigenvalue weighted by atomic mass is 10.2. The zero-order valence-electron chi connectivity index (χ0n) is 15.2. The van der Waals surface area contributed by atoms with Crippen LogP contribution in [-0.2, 0) is 4.79 Å². The number of aryl methyl sites for hydroxylation is 1. The number of aromatic nitrogens is 4. The fourth-order valence-electron chi connectivity index (χ4n) is 2.88. The Hall–Kier alpha value is -2.62. The molecule has 4 aromatic rings. The van der Waals surface area contributed by atoms with Gasteiger partial charge in [-0.3, -0.25) is 14.5 Å². The molecule has 4 rings (SSSR count). The Labute approximate surface area is 174 Å². The highest BCUT2D eigenvalue weighted by Gasteiger charge is 2.22. The number of nitrogens with one attached hydrogen (secondary N) is 2. The van der Waals surface area contributed by atoms with Crippen molar-refractivity contribution in [3.63, 3.8) is 0 Å². The van der Waals surface area contributed by atoms with Crippen LogP contribution in [0.3, 0.4) is 0 Å². The van der Waals surface area contributed by atoms with E-state index in [9.17, 15) is 4.79 Å². The van der Waals surface area contributed by atoms with Gasteiger partial charge >= 0.3 is 0 Å². The van der Waals surface area contributed by atoms with Crippen LogP contribution in [0.2, 0.25) is 0 Å². The molecule has 2 N–H and O–H groups in total. The molecule has 6 nitrogen and oxygen atoms in total. The highest BCUT2D eigenvalue weighted by molar-refractivity contribution is 7.71. The number of hydrogen-bond donors (Lipinski definition) is 2. The fourth-order valence-corrected chi connectivity index (χ4v) is 4.85. The van der Waals surface area contributed by atoms with Gasteiger partial charge < -0.3 is 5.32 Å². The first kappa shape index (κ1) is 18.7. The third-order valence-electron chi connectivity index (χ3n) is 4.28. The Kier molecular flexibility index (Phi) is 5.21. The van der Waals surface area contributed by atoms with Crippen LogP contribution in [0.1, 0.15) is 18.7 Å². The van der Waals surface area contributed by atoms with E-state index in [1.54, 1.807) is 22.8 Å². The molecule has 142 valence electrons. The highest BCUT2D eigenvalue weighted by atomic mass is 32.1. The molecular formula is C19H17N5OS3. The van der Waals surface area contributed by atoms with Gasteiger partial charge in [0, 0.05) is 0 Å². The summed E-state index contributed by atoms with van der Waals surface area (Å²) < 4.78 is 2.14. The number of carbonyl (C=O) groups is 1. The summed E-state index contributed by atoms with van der Waals surface area (Å²) in [5.74, 6) is 0.464. The van der Waals surface area contributed by atoms with Gasteiger partial charge in [-0.2, -0.15) is 5.10 Å². The van der Waals surface area contributed by atoms with Gasteiger partial charge in [0.2, 0.25) is 5.91 Å². The van der Waals surface area contributed by atoms with Crippen molar-refractivity contribution in [3.8, 4) is 21.1 Å². The summed E-state index contributed by atoms with van der Waals surface area (Å²) in [4.78, 5) is 19.4. The first-order chi connectivity index (χ1) is 13.5. The Bertz CT molecular complexity index is 1160. The second kappa shape index (κ2) is 7.78. The monoisotopic (exact) mass is 427 g/mol. The predicted octanol–water partition coefficient (Wildman–Crippen LogP) is 5.30. The summed E-state index contributed by atoms with van der Waals surface area (Å²) in [5, 5.41) is 12.5. The van der Waals surface area contributed by atoms with Crippen molar-refractivity contribution in [2.45, 2.75) is 19.9 Å². The number of carbonyl (C=O) groups excluding carboxylic acids is 1. The first-order valence-electron chi connectivity index (χ1n) is 8.59. The summed E-state index contributed by atoms with van der Waals surface area (Å²) in [6.07, 6.45) is 0. The number of H-pyrrole nitrogens is 1. The Morgan fingerprint density at radius 2 is 2.04 bits per heavy atom. The van der Waals surface area contributed by atoms with E-state index in [1.165, 1.54) is 11.3 Å². The van der Waals surface area contributed by atoms with Gasteiger partial charge in [0.15, 0.2) is 15.7 Å². The van der Waals surface area contributed by atoms with Crippen molar-refractivity contribution in [2.75, 3.05) is 5.32 Å². The molecule has 0 aliphatic carbocycles. The quantitative estimate of drug-likeness (QED) is 0.424. The molecule has 3 aromatic heterocycles. The first-order valence-corrected chi connectivity index (χ1v) is 10.7. The molecule has 0 fully saturated rings. The van der Waals surface area contributed by atoms with E-state index in [0.717, 1.165) is 21.0 Å². The summed E-state index contributed by atoms with van der Waals surface area (Å²) in [6.45, 7) is 3.75. The van der Waals surface area contributed by atoms with E-state index in [1.807, 2.05) is 54.8 Å². The topological polar surface area (TPSA) is 75.6 Å². The predicted molar refractivity (Wildman–Crippen MR) is 116 cm³/mol. The van der Waals surface area contributed by atoms with Crippen molar-refractivity contribution in [1.82, 2.24) is 19.7 Å². The van der Waals surface area contributed by atoms with Crippen molar-refractivity contribution < 1.29 is 4.79 Å². The minimum atomic E-state index is -0.535. The van der Waals surface area contributed by atoms with Gasteiger partial charge in [-0.15, -0.1) is 11.3 Å². The van der Waals surface area contributed by atoms with E-state index in [4.69, 9.17) is 12.2 Å². The Morgan fingerprint density at radius 1 is 1.25 bits per heavy atom. The standard InChI is InChI=1S/C19H17N5OS3/c1-11-15(13-7-4-3-5-8-13)28-18(20-11)21-17(25)12(2)24-16(22-23-19(24)26)14-9-6-10-27-14/h3-10,12H,1-2H3,(H,23,26)(H,20,21,25). The van der Waals surface area contributed by atoms with Crippen molar-refractivity contribution >= 4 is 45.9 Å². The summed E-state index contributed by atoms with van der Waals surface area (Å²) in [7, 11) is 0. The zero-order valence-corrected chi connectivity index (χ0v) is 17.6. The van der Waals surface area contributed by atoms with Crippen LogP contribution in [0.15, 0.2) is 47.8 Å². The Balaban J connectivity index is 1.59. The second-order valence-electron chi connectivity index (χ2n) is 6.16. The normalized spacial score (nSPS) is 12.1. The fraction of sp³-hybridized carbons (Fsp3) is 0.158. The number of thiazole rings is 1. The summed E-state index contributed by atoms with van der Waals surface area (Å²) >= 11 is 8.36. The van der Waals surface area contributed by atoms with E-state index >= 15 is 0 Å². The van der Waals surface area contributed by atoms with Crippen molar-refractivity contribution in [2.24, 2.45) is 0 Å². The number of aromatic amines is 1. The molecule has 3 heterocycles. The van der Waals surface area contributed by atoms with Crippen LogP contribution in [0.5, 0.6) is 0 Å². The van der Waals surface area contributed by atoms with Crippen molar-refractivity contribution in [1.29, 1.82) is 0 Å². The second-order valence-corrected chi connectivity index (χ2v) is 8.50. The van der Waals surface area contributed by atoms with Crippen LogP contribution in [-0.4, -0.2) is 25.7 Å². The van der Waals surface area contributed by atoms with E-state index < -0.39 is 6.04 Å². The van der Waals surface area contributed by atoms with Crippen LogP contribution < -0.4 is 5.32 Å². The molecule has 0 aliphatic heterocycles. The van der Waals surface area contributed by atoms with Crippen LogP contribution in [0.25, 0.3) is 21.1 Å². The minimum absolute atomic E-state index is 0.191. The molecule has 0 spiro atoms. The molecule has 1 unspecified atom stereocenters. The van der Waals surface area contributed by atoms with Crippen LogP contribution >= 0.6 is 34.9 Å². The zero-order chi connectivity index (χ0) is 19.7. The SMILES string of the molecule is Cc1nc(NC(=O)C(C)n2c(-c3cccs3)n[nH]c2=S)sc1-c1ccccc1. The maximum Gasteiger partial charge on any atom is 0.249 e. The van der Waals surface area contributed by atoms with Crippen molar-refractivity contribution in [3.05, 3.63) is 58.3 Å². The van der Waals surface area contributed by atoms with Gasteiger partial charge in [0.25, 0.3) is 0 Å². The molecule has 0 saturated heterocycles. The van der Waals surface area contributed by atoms with Gasteiger partial charge in [-0.05, 0) is 43.1 Å². The number of benzene rings is 1. The number of amides is 1. The molecule has 0 radical (unpaired) electrons. The van der Waals surface area contributed by atoms with E-state index in [-0.39, 0.29) is 5.91 Å². The lowest BCUT2D eigenvalue weighted by Crippen LogP contribution is -2.24. The van der Waals surface area contributed by atoms with Gasteiger partial charge in [0.05, 0.1) is 15.4 Å². The largest absolute Gasteiger partial charge is 0.300 e. The lowest BCUT2D eigenvalue weighted by molar-refractivity contribution is -0.118. The summed E-state index contributed by atoms with van der Waals surface area (Å²) in [6, 6.07) is 13.4. The summed E-state index contributed by atoms with van der Waals surface area (Å²) in [5.41, 5.74) is 1.97.